The number of hydrazone groups is 1. The number of nitrogens with one attached hydrogen (secondary N) is 1. The Labute approximate surface area is 174 Å². The molecule has 0 aliphatic rings. The van der Waals surface area contributed by atoms with Gasteiger partial charge < -0.3 is 4.74 Å². The van der Waals surface area contributed by atoms with E-state index in [9.17, 15) is 4.79 Å². The first kappa shape index (κ1) is 19.3. The first-order chi connectivity index (χ1) is 13.1. The summed E-state index contributed by atoms with van der Waals surface area (Å²) in [5, 5.41) is 4.05. The highest BCUT2D eigenvalue weighted by Gasteiger charge is 2.05. The molecule has 1 amide bonds. The van der Waals surface area contributed by atoms with Crippen molar-refractivity contribution in [2.75, 3.05) is 0 Å². The van der Waals surface area contributed by atoms with E-state index in [0.717, 1.165) is 20.1 Å². The number of para-hydroxylation sites is 1. The second-order valence-electron chi connectivity index (χ2n) is 5.66. The van der Waals surface area contributed by atoms with Gasteiger partial charge in [0.2, 0.25) is 0 Å². The van der Waals surface area contributed by atoms with E-state index >= 15 is 0 Å². The van der Waals surface area contributed by atoms with E-state index in [1.165, 1.54) is 0 Å². The molecule has 0 bridgehead atoms. The highest BCUT2D eigenvalue weighted by atomic mass is 79.9. The second kappa shape index (κ2) is 9.48. The van der Waals surface area contributed by atoms with Crippen molar-refractivity contribution in [3.63, 3.8) is 0 Å². The van der Waals surface area contributed by atoms with Crippen LogP contribution in [0.25, 0.3) is 0 Å². The number of amides is 1. The van der Waals surface area contributed by atoms with E-state index in [-0.39, 0.29) is 5.91 Å². The van der Waals surface area contributed by atoms with Crippen LogP contribution in [0.1, 0.15) is 21.5 Å². The largest absolute Gasteiger partial charge is 0.488 e. The highest BCUT2D eigenvalue weighted by molar-refractivity contribution is 9.10. The third kappa shape index (κ3) is 5.77. The molecule has 0 unspecified atom stereocenters. The quantitative estimate of drug-likeness (QED) is 0.365. The summed E-state index contributed by atoms with van der Waals surface area (Å²) in [6.07, 6.45) is 1.58. The van der Waals surface area contributed by atoms with E-state index in [1.54, 1.807) is 24.4 Å². The van der Waals surface area contributed by atoms with Gasteiger partial charge in [-0.15, -0.1) is 0 Å². The average Bonchev–Trinajstić information content (AvgIpc) is 2.68. The molecule has 3 aromatic rings. The van der Waals surface area contributed by atoms with Crippen molar-refractivity contribution in [1.82, 2.24) is 5.43 Å². The van der Waals surface area contributed by atoms with Gasteiger partial charge in [-0.2, -0.15) is 5.10 Å². The minimum absolute atomic E-state index is 0.277. The number of hydrogen-bond donors (Lipinski definition) is 1. The number of rotatable bonds is 6. The van der Waals surface area contributed by atoms with Crippen molar-refractivity contribution in [2.24, 2.45) is 5.10 Å². The van der Waals surface area contributed by atoms with Crippen molar-refractivity contribution in [2.45, 2.75) is 6.61 Å². The number of benzene rings is 3. The Morgan fingerprint density at radius 2 is 1.74 bits per heavy atom. The van der Waals surface area contributed by atoms with E-state index in [1.807, 2.05) is 54.6 Å². The van der Waals surface area contributed by atoms with Crippen LogP contribution >= 0.6 is 31.9 Å². The van der Waals surface area contributed by atoms with E-state index in [4.69, 9.17) is 4.74 Å². The SMILES string of the molecule is O=C(N/N=C\c1ccccc1OCc1ccc(Br)cc1)c1cccc(Br)c1. The molecule has 27 heavy (non-hydrogen) atoms. The Bertz CT molecular complexity index is 956. The molecule has 3 rings (SSSR count). The molecule has 6 heteroatoms. The summed E-state index contributed by atoms with van der Waals surface area (Å²) in [5.74, 6) is 0.418. The van der Waals surface area contributed by atoms with Crippen LogP contribution in [0.3, 0.4) is 0 Å². The van der Waals surface area contributed by atoms with Gasteiger partial charge in [0.15, 0.2) is 0 Å². The van der Waals surface area contributed by atoms with Crippen molar-refractivity contribution in [1.29, 1.82) is 0 Å². The zero-order chi connectivity index (χ0) is 19.1. The lowest BCUT2D eigenvalue weighted by molar-refractivity contribution is 0.0955. The Balaban J connectivity index is 1.64. The number of nitrogens with zero attached hydrogens (tertiary/aromatic N) is 1. The third-order valence-corrected chi connectivity index (χ3v) is 4.71. The molecular weight excluding hydrogens is 472 g/mol. The van der Waals surface area contributed by atoms with Gasteiger partial charge in [-0.3, -0.25) is 4.79 Å². The molecule has 0 spiro atoms. The molecule has 4 nitrogen and oxygen atoms in total. The molecule has 0 radical (unpaired) electrons. The summed E-state index contributed by atoms with van der Waals surface area (Å²) in [5.41, 5.74) is 4.90. The van der Waals surface area contributed by atoms with Crippen molar-refractivity contribution in [3.05, 3.63) is 98.4 Å². The Hall–Kier alpha value is -2.44. The summed E-state index contributed by atoms with van der Waals surface area (Å²) in [6.45, 7) is 0.447. The normalized spacial score (nSPS) is 10.7. The fourth-order valence-electron chi connectivity index (χ4n) is 2.32. The summed E-state index contributed by atoms with van der Waals surface area (Å²) in [6, 6.07) is 22.6. The maximum Gasteiger partial charge on any atom is 0.271 e. The van der Waals surface area contributed by atoms with Crippen LogP contribution in [0.15, 0.2) is 86.8 Å². The maximum absolute atomic E-state index is 12.1. The summed E-state index contributed by atoms with van der Waals surface area (Å²) in [7, 11) is 0. The molecule has 0 saturated carbocycles. The predicted molar refractivity (Wildman–Crippen MR) is 114 cm³/mol. The van der Waals surface area contributed by atoms with Gasteiger partial charge in [0.25, 0.3) is 5.91 Å². The van der Waals surface area contributed by atoms with Crippen LogP contribution in [-0.2, 0) is 6.61 Å². The number of ether oxygens (including phenoxy) is 1. The first-order valence-electron chi connectivity index (χ1n) is 8.17. The third-order valence-electron chi connectivity index (χ3n) is 3.68. The number of carbonyl (C=O) groups excluding carboxylic acids is 1. The van der Waals surface area contributed by atoms with Gasteiger partial charge in [-0.1, -0.05) is 62.2 Å². The van der Waals surface area contributed by atoms with Crippen LogP contribution in [0.4, 0.5) is 0 Å². The summed E-state index contributed by atoms with van der Waals surface area (Å²) >= 11 is 6.77. The van der Waals surface area contributed by atoms with Gasteiger partial charge >= 0.3 is 0 Å². The molecule has 0 atom stereocenters. The fraction of sp³-hybridized carbons (Fsp3) is 0.0476. The first-order valence-corrected chi connectivity index (χ1v) is 9.76. The summed E-state index contributed by atoms with van der Waals surface area (Å²) in [4.78, 5) is 12.1. The molecule has 1 N–H and O–H groups in total. The molecule has 0 aromatic heterocycles. The van der Waals surface area contributed by atoms with Gasteiger partial charge in [0.1, 0.15) is 12.4 Å². The molecule has 0 aliphatic carbocycles. The molecule has 3 aromatic carbocycles. The molecule has 0 heterocycles. The van der Waals surface area contributed by atoms with Crippen molar-refractivity contribution >= 4 is 44.0 Å². The van der Waals surface area contributed by atoms with Gasteiger partial charge in [-0.25, -0.2) is 5.43 Å². The number of hydrogen-bond acceptors (Lipinski definition) is 3. The van der Waals surface area contributed by atoms with Crippen LogP contribution < -0.4 is 10.2 Å². The monoisotopic (exact) mass is 486 g/mol. The lowest BCUT2D eigenvalue weighted by Gasteiger charge is -2.09. The molecule has 0 fully saturated rings. The minimum Gasteiger partial charge on any atom is -0.488 e. The van der Waals surface area contributed by atoms with Gasteiger partial charge in [0, 0.05) is 20.1 Å². The van der Waals surface area contributed by atoms with Crippen LogP contribution in [-0.4, -0.2) is 12.1 Å². The average molecular weight is 488 g/mol. The zero-order valence-electron chi connectivity index (χ0n) is 14.2. The summed E-state index contributed by atoms with van der Waals surface area (Å²) < 4.78 is 7.76. The Kier molecular flexibility index (Phi) is 6.79. The van der Waals surface area contributed by atoms with E-state index in [2.05, 4.69) is 42.4 Å². The van der Waals surface area contributed by atoms with E-state index in [0.29, 0.717) is 17.9 Å². The fourth-order valence-corrected chi connectivity index (χ4v) is 2.98. The van der Waals surface area contributed by atoms with Crippen LogP contribution in [0.5, 0.6) is 5.75 Å². The molecule has 0 saturated heterocycles. The molecular formula is C21H16Br2N2O2. The van der Waals surface area contributed by atoms with Crippen molar-refractivity contribution < 1.29 is 9.53 Å². The second-order valence-corrected chi connectivity index (χ2v) is 7.49. The Morgan fingerprint density at radius 3 is 2.52 bits per heavy atom. The van der Waals surface area contributed by atoms with Gasteiger partial charge in [-0.05, 0) is 48.0 Å². The molecule has 136 valence electrons. The zero-order valence-corrected chi connectivity index (χ0v) is 17.4. The number of halogens is 2. The topological polar surface area (TPSA) is 50.7 Å². The maximum atomic E-state index is 12.1. The van der Waals surface area contributed by atoms with Crippen LogP contribution in [0.2, 0.25) is 0 Å². The van der Waals surface area contributed by atoms with E-state index < -0.39 is 0 Å². The smallest absolute Gasteiger partial charge is 0.271 e. The van der Waals surface area contributed by atoms with Crippen LogP contribution in [0, 0.1) is 0 Å². The molecule has 0 aliphatic heterocycles. The van der Waals surface area contributed by atoms with Crippen molar-refractivity contribution in [3.8, 4) is 5.75 Å². The predicted octanol–water partition coefficient (Wildman–Crippen LogP) is 5.55. The Morgan fingerprint density at radius 1 is 0.963 bits per heavy atom. The lowest BCUT2D eigenvalue weighted by atomic mass is 10.2. The van der Waals surface area contributed by atoms with Gasteiger partial charge in [0.05, 0.1) is 6.21 Å². The number of carbonyl (C=O) groups is 1. The lowest BCUT2D eigenvalue weighted by Crippen LogP contribution is -2.17. The minimum atomic E-state index is -0.277. The standard InChI is InChI=1S/C21H16Br2N2O2/c22-18-10-8-15(9-11-18)14-27-20-7-2-1-4-17(20)13-24-25-21(26)16-5-3-6-19(23)12-16/h1-13H,14H2,(H,25,26)/b24-13-. The highest BCUT2D eigenvalue weighted by Crippen LogP contribution is 2.18.